The highest BCUT2D eigenvalue weighted by molar-refractivity contribution is 6.06. The van der Waals surface area contributed by atoms with E-state index < -0.39 is 11.1 Å². The van der Waals surface area contributed by atoms with Gasteiger partial charge in [-0.1, -0.05) is 83.5 Å². The molecule has 3 saturated carbocycles. The summed E-state index contributed by atoms with van der Waals surface area (Å²) in [6.07, 6.45) is 20.5. The van der Waals surface area contributed by atoms with Gasteiger partial charge < -0.3 is 10.8 Å². The molecule has 5 nitrogen and oxygen atoms in total. The Balaban J connectivity index is 1.49. The number of carbonyl (C=O) groups is 1. The van der Waals surface area contributed by atoms with Gasteiger partial charge in [0.25, 0.3) is 5.91 Å². The van der Waals surface area contributed by atoms with E-state index in [2.05, 4.69) is 0 Å². The van der Waals surface area contributed by atoms with E-state index in [1.165, 1.54) is 70.6 Å². The molecule has 0 aromatic heterocycles. The van der Waals surface area contributed by atoms with Gasteiger partial charge in [0.2, 0.25) is 0 Å². The second-order valence-electron chi connectivity index (χ2n) is 10.9. The van der Waals surface area contributed by atoms with Crippen LogP contribution >= 0.6 is 0 Å². The quantitative estimate of drug-likeness (QED) is 0.618. The summed E-state index contributed by atoms with van der Waals surface area (Å²) in [5.41, 5.74) is 4.91. The van der Waals surface area contributed by atoms with Crippen LogP contribution in [-0.2, 0) is 4.79 Å². The smallest absolute Gasteiger partial charge is 0.257 e. The van der Waals surface area contributed by atoms with Gasteiger partial charge in [-0.3, -0.25) is 9.69 Å². The second-order valence-corrected chi connectivity index (χ2v) is 10.9. The molecule has 3 fully saturated rings. The van der Waals surface area contributed by atoms with E-state index in [0.717, 1.165) is 50.9 Å². The van der Waals surface area contributed by atoms with Gasteiger partial charge in [0, 0.05) is 0 Å². The topological polar surface area (TPSA) is 78.9 Å². The van der Waals surface area contributed by atoms with E-state index in [9.17, 15) is 9.90 Å². The summed E-state index contributed by atoms with van der Waals surface area (Å²) in [5.74, 6) is 1.77. The number of amides is 1. The zero-order valence-electron chi connectivity index (χ0n) is 18.9. The van der Waals surface area contributed by atoms with Gasteiger partial charge in [-0.25, -0.2) is 4.99 Å². The van der Waals surface area contributed by atoms with E-state index in [-0.39, 0.29) is 5.91 Å². The molecule has 5 heteroatoms. The van der Waals surface area contributed by atoms with Crippen molar-refractivity contribution in [3.63, 3.8) is 0 Å². The minimum atomic E-state index is -0.793. The molecule has 4 rings (SSSR count). The van der Waals surface area contributed by atoms with Crippen LogP contribution in [0.3, 0.4) is 0 Å². The number of nitrogens with two attached hydrogens (primary N) is 1. The molecule has 0 aromatic carbocycles. The summed E-state index contributed by atoms with van der Waals surface area (Å²) in [6.45, 7) is 0.330. The highest BCUT2D eigenvalue weighted by Gasteiger charge is 2.50. The van der Waals surface area contributed by atoms with Crippen LogP contribution in [0.4, 0.5) is 0 Å². The number of aliphatic imine (C=N–C) groups is 1. The Labute approximate surface area is 182 Å². The number of nitrogens with zero attached hydrogens (tertiary/aromatic N) is 2. The first kappa shape index (κ1) is 22.1. The SMILES string of the molecule is NC1=NC(CCC2CCCCC2)(CC2CCCCC2)C(=O)N1CC1(O)CCCCC1. The van der Waals surface area contributed by atoms with Crippen molar-refractivity contribution in [1.29, 1.82) is 0 Å². The Morgan fingerprint density at radius 1 is 0.900 bits per heavy atom. The summed E-state index contributed by atoms with van der Waals surface area (Å²) < 4.78 is 0. The number of rotatable bonds is 7. The molecule has 1 unspecified atom stereocenters. The van der Waals surface area contributed by atoms with Gasteiger partial charge >= 0.3 is 0 Å². The molecular formula is C25H43N3O2. The largest absolute Gasteiger partial charge is 0.388 e. The van der Waals surface area contributed by atoms with Crippen molar-refractivity contribution in [2.24, 2.45) is 22.6 Å². The number of β-amino-alcohol motifs (C(OH)–C–C–N with tert-alkyl or cyclic N) is 1. The summed E-state index contributed by atoms with van der Waals surface area (Å²) in [4.78, 5) is 20.4. The van der Waals surface area contributed by atoms with Crippen LogP contribution < -0.4 is 5.73 Å². The van der Waals surface area contributed by atoms with Gasteiger partial charge in [-0.05, 0) is 43.9 Å². The lowest BCUT2D eigenvalue weighted by Gasteiger charge is -2.37. The maximum absolute atomic E-state index is 13.8. The molecule has 3 aliphatic carbocycles. The standard InChI is InChI=1S/C25H43N3O2/c26-23-27-25(18-21-12-6-2-7-13-21,17-14-20-10-4-1-5-11-20)22(29)28(23)19-24(30)15-8-3-9-16-24/h20-21,30H,1-19H2,(H2,26,27). The van der Waals surface area contributed by atoms with Crippen molar-refractivity contribution in [3.8, 4) is 0 Å². The van der Waals surface area contributed by atoms with Crippen molar-refractivity contribution in [3.05, 3.63) is 0 Å². The number of carbonyl (C=O) groups excluding carboxylic acids is 1. The number of hydrogen-bond donors (Lipinski definition) is 2. The van der Waals surface area contributed by atoms with Gasteiger partial charge in [0.15, 0.2) is 5.96 Å². The Kier molecular flexibility index (Phi) is 7.06. The monoisotopic (exact) mass is 417 g/mol. The predicted molar refractivity (Wildman–Crippen MR) is 121 cm³/mol. The molecule has 170 valence electrons. The van der Waals surface area contributed by atoms with Crippen molar-refractivity contribution in [2.45, 2.75) is 127 Å². The summed E-state index contributed by atoms with van der Waals surface area (Å²) in [7, 11) is 0. The fourth-order valence-electron chi connectivity index (χ4n) is 6.68. The van der Waals surface area contributed by atoms with Crippen LogP contribution in [0, 0.1) is 11.8 Å². The van der Waals surface area contributed by atoms with Crippen LogP contribution in [-0.4, -0.2) is 39.6 Å². The lowest BCUT2D eigenvalue weighted by Crippen LogP contribution is -2.52. The van der Waals surface area contributed by atoms with Crippen molar-refractivity contribution in [2.75, 3.05) is 6.54 Å². The van der Waals surface area contributed by atoms with Gasteiger partial charge in [0.05, 0.1) is 12.1 Å². The first-order valence-corrected chi connectivity index (χ1v) is 12.9. The van der Waals surface area contributed by atoms with Crippen LogP contribution in [0.5, 0.6) is 0 Å². The molecule has 0 aromatic rings. The molecule has 1 aliphatic heterocycles. The maximum atomic E-state index is 13.8. The molecule has 3 N–H and O–H groups in total. The molecule has 0 bridgehead atoms. The maximum Gasteiger partial charge on any atom is 0.257 e. The summed E-state index contributed by atoms with van der Waals surface area (Å²) >= 11 is 0. The zero-order valence-corrected chi connectivity index (χ0v) is 18.9. The Hall–Kier alpha value is -1.10. The average molecular weight is 418 g/mol. The Bertz CT molecular complexity index is 616. The van der Waals surface area contributed by atoms with Gasteiger partial charge in [0.1, 0.15) is 5.54 Å². The normalized spacial score (nSPS) is 31.2. The minimum absolute atomic E-state index is 0.0837. The number of aliphatic hydroxyl groups is 1. The third kappa shape index (κ3) is 5.03. The van der Waals surface area contributed by atoms with Crippen molar-refractivity contribution < 1.29 is 9.90 Å². The van der Waals surface area contributed by atoms with E-state index >= 15 is 0 Å². The van der Waals surface area contributed by atoms with Crippen LogP contribution in [0.2, 0.25) is 0 Å². The highest BCUT2D eigenvalue weighted by Crippen LogP contribution is 2.41. The fraction of sp³-hybridized carbons (Fsp3) is 0.920. The zero-order chi connectivity index (χ0) is 21.0. The predicted octanol–water partition coefficient (Wildman–Crippen LogP) is 4.91. The molecule has 1 atom stereocenters. The van der Waals surface area contributed by atoms with Crippen molar-refractivity contribution in [1.82, 2.24) is 4.90 Å². The molecule has 0 spiro atoms. The Morgan fingerprint density at radius 2 is 1.47 bits per heavy atom. The van der Waals surface area contributed by atoms with E-state index in [0.29, 0.717) is 18.4 Å². The highest BCUT2D eigenvalue weighted by atomic mass is 16.3. The lowest BCUT2D eigenvalue weighted by molar-refractivity contribution is -0.135. The molecule has 0 radical (unpaired) electrons. The molecule has 0 saturated heterocycles. The molecule has 4 aliphatic rings. The van der Waals surface area contributed by atoms with E-state index in [1.54, 1.807) is 4.90 Å². The van der Waals surface area contributed by atoms with E-state index in [4.69, 9.17) is 10.7 Å². The third-order valence-electron chi connectivity index (χ3n) is 8.53. The number of hydrogen-bond acceptors (Lipinski definition) is 4. The lowest BCUT2D eigenvalue weighted by atomic mass is 9.75. The fourth-order valence-corrected chi connectivity index (χ4v) is 6.68. The average Bonchev–Trinajstić information content (AvgIpc) is 2.98. The van der Waals surface area contributed by atoms with Crippen molar-refractivity contribution >= 4 is 11.9 Å². The minimum Gasteiger partial charge on any atom is -0.388 e. The molecule has 30 heavy (non-hydrogen) atoms. The van der Waals surface area contributed by atoms with Gasteiger partial charge in [-0.2, -0.15) is 0 Å². The molecule has 1 heterocycles. The summed E-state index contributed by atoms with van der Waals surface area (Å²) in [6, 6.07) is 0. The summed E-state index contributed by atoms with van der Waals surface area (Å²) in [5, 5.41) is 11.1. The first-order valence-electron chi connectivity index (χ1n) is 12.9. The first-order chi connectivity index (χ1) is 14.5. The number of guanidine groups is 1. The molecule has 1 amide bonds. The van der Waals surface area contributed by atoms with Crippen LogP contribution in [0.25, 0.3) is 0 Å². The van der Waals surface area contributed by atoms with E-state index in [1.807, 2.05) is 0 Å². The Morgan fingerprint density at radius 3 is 2.10 bits per heavy atom. The van der Waals surface area contributed by atoms with Crippen LogP contribution in [0.15, 0.2) is 4.99 Å². The van der Waals surface area contributed by atoms with Gasteiger partial charge in [-0.15, -0.1) is 0 Å². The van der Waals surface area contributed by atoms with Crippen LogP contribution in [0.1, 0.15) is 116 Å². The third-order valence-corrected chi connectivity index (χ3v) is 8.53. The molecular weight excluding hydrogens is 374 g/mol. The second kappa shape index (κ2) is 9.58.